The molecule has 0 saturated heterocycles. The SMILES string of the molecule is CCCN(C(=O)C(NC(=O)OC(C)(C)C)C(C)C)C(C(=O)Nc1ccccc1C)c1cccc(C)c1O. The lowest BCUT2D eigenvalue weighted by atomic mass is 9.96. The number of ether oxygens (including phenoxy) is 1. The van der Waals surface area contributed by atoms with Crippen LogP contribution in [-0.4, -0.2) is 46.1 Å². The summed E-state index contributed by atoms with van der Waals surface area (Å²) in [4.78, 5) is 41.8. The average Bonchev–Trinajstić information content (AvgIpc) is 2.79. The van der Waals surface area contributed by atoms with Crippen LogP contribution in [-0.2, 0) is 14.3 Å². The molecule has 2 unspecified atom stereocenters. The van der Waals surface area contributed by atoms with Crippen LogP contribution in [0.2, 0.25) is 0 Å². The van der Waals surface area contributed by atoms with E-state index in [4.69, 9.17) is 4.74 Å². The van der Waals surface area contributed by atoms with Crippen LogP contribution in [0.15, 0.2) is 42.5 Å². The second kappa shape index (κ2) is 12.6. The van der Waals surface area contributed by atoms with E-state index < -0.39 is 35.6 Å². The van der Waals surface area contributed by atoms with Gasteiger partial charge in [0.05, 0.1) is 0 Å². The third kappa shape index (κ3) is 7.97. The van der Waals surface area contributed by atoms with E-state index >= 15 is 0 Å². The molecule has 0 aliphatic rings. The minimum atomic E-state index is -1.13. The molecular weight excluding hydrogens is 470 g/mol. The van der Waals surface area contributed by atoms with Crippen LogP contribution < -0.4 is 10.6 Å². The summed E-state index contributed by atoms with van der Waals surface area (Å²) in [5.41, 5.74) is 1.64. The maximum atomic E-state index is 14.0. The van der Waals surface area contributed by atoms with Crippen LogP contribution in [0.3, 0.4) is 0 Å². The maximum Gasteiger partial charge on any atom is 0.408 e. The molecule has 3 amide bonds. The molecule has 0 heterocycles. The Balaban J connectivity index is 2.56. The van der Waals surface area contributed by atoms with Crippen molar-refractivity contribution in [3.8, 4) is 5.75 Å². The van der Waals surface area contributed by atoms with Crippen LogP contribution in [0.4, 0.5) is 10.5 Å². The van der Waals surface area contributed by atoms with Crippen molar-refractivity contribution in [1.82, 2.24) is 10.2 Å². The van der Waals surface area contributed by atoms with Crippen molar-refractivity contribution in [2.45, 2.75) is 79.5 Å². The number of para-hydroxylation sites is 2. The second-order valence-corrected chi connectivity index (χ2v) is 10.6. The summed E-state index contributed by atoms with van der Waals surface area (Å²) in [5, 5.41) is 16.6. The smallest absolute Gasteiger partial charge is 0.408 e. The van der Waals surface area contributed by atoms with Gasteiger partial charge in [0.15, 0.2) is 0 Å². The minimum absolute atomic E-state index is 0.0532. The van der Waals surface area contributed by atoms with Gasteiger partial charge in [-0.1, -0.05) is 57.2 Å². The predicted octanol–water partition coefficient (Wildman–Crippen LogP) is 5.48. The number of benzene rings is 2. The quantitative estimate of drug-likeness (QED) is 0.413. The first-order valence-electron chi connectivity index (χ1n) is 12.7. The summed E-state index contributed by atoms with van der Waals surface area (Å²) in [5.74, 6) is -1.24. The number of rotatable bonds is 9. The lowest BCUT2D eigenvalue weighted by Gasteiger charge is -2.35. The van der Waals surface area contributed by atoms with E-state index in [-0.39, 0.29) is 18.2 Å². The van der Waals surface area contributed by atoms with E-state index in [1.807, 2.05) is 45.9 Å². The zero-order chi connectivity index (χ0) is 27.9. The van der Waals surface area contributed by atoms with Crippen LogP contribution >= 0.6 is 0 Å². The van der Waals surface area contributed by atoms with Gasteiger partial charge in [-0.15, -0.1) is 0 Å². The Morgan fingerprint density at radius 3 is 2.19 bits per heavy atom. The number of carbonyl (C=O) groups is 3. The number of aryl methyl sites for hydroxylation is 2. The summed E-state index contributed by atoms with van der Waals surface area (Å²) in [6.45, 7) is 14.6. The number of nitrogens with zero attached hydrogens (tertiary/aromatic N) is 1. The van der Waals surface area contributed by atoms with Gasteiger partial charge >= 0.3 is 6.09 Å². The highest BCUT2D eigenvalue weighted by Crippen LogP contribution is 2.33. The van der Waals surface area contributed by atoms with Crippen molar-refractivity contribution in [3.63, 3.8) is 0 Å². The molecule has 0 spiro atoms. The Morgan fingerprint density at radius 1 is 1.00 bits per heavy atom. The number of hydrogen-bond acceptors (Lipinski definition) is 5. The van der Waals surface area contributed by atoms with Gasteiger partial charge in [0.2, 0.25) is 5.91 Å². The Morgan fingerprint density at radius 2 is 1.62 bits per heavy atom. The first-order chi connectivity index (χ1) is 17.3. The van der Waals surface area contributed by atoms with E-state index in [1.165, 1.54) is 4.90 Å². The second-order valence-electron chi connectivity index (χ2n) is 10.6. The largest absolute Gasteiger partial charge is 0.507 e. The first kappa shape index (κ1) is 29.7. The van der Waals surface area contributed by atoms with Crippen molar-refractivity contribution in [3.05, 3.63) is 59.2 Å². The van der Waals surface area contributed by atoms with Crippen molar-refractivity contribution in [2.75, 3.05) is 11.9 Å². The topological polar surface area (TPSA) is 108 Å². The molecule has 2 rings (SSSR count). The molecule has 2 aromatic carbocycles. The van der Waals surface area contributed by atoms with Crippen LogP contribution in [0, 0.1) is 19.8 Å². The lowest BCUT2D eigenvalue weighted by molar-refractivity contribution is -0.141. The molecule has 3 N–H and O–H groups in total. The van der Waals surface area contributed by atoms with Crippen LogP contribution in [0.1, 0.15) is 70.7 Å². The standard InChI is InChI=1S/C29H41N3O5/c1-9-17-32(27(35)23(18(2)3)31-28(36)37-29(6,7)8)24(21-15-12-14-20(5)25(21)33)26(34)30-22-16-11-10-13-19(22)4/h10-16,18,23-24,33H,9,17H2,1-8H3,(H,30,34)(H,31,36). The van der Waals surface area contributed by atoms with Crippen LogP contribution in [0.5, 0.6) is 5.75 Å². The number of alkyl carbamates (subject to hydrolysis) is 1. The number of hydrogen-bond donors (Lipinski definition) is 3. The Bertz CT molecular complexity index is 1110. The molecule has 8 nitrogen and oxygen atoms in total. The monoisotopic (exact) mass is 511 g/mol. The third-order valence-corrected chi connectivity index (χ3v) is 5.88. The lowest BCUT2D eigenvalue weighted by Crippen LogP contribution is -2.54. The molecule has 0 aliphatic carbocycles. The number of carbonyl (C=O) groups excluding carboxylic acids is 3. The number of anilines is 1. The summed E-state index contributed by atoms with van der Waals surface area (Å²) in [6, 6.07) is 10.4. The van der Waals surface area contributed by atoms with Crippen molar-refractivity contribution in [1.29, 1.82) is 0 Å². The number of phenols is 1. The van der Waals surface area contributed by atoms with Gasteiger partial charge in [0, 0.05) is 17.8 Å². The molecule has 37 heavy (non-hydrogen) atoms. The Hall–Kier alpha value is -3.55. The highest BCUT2D eigenvalue weighted by Gasteiger charge is 2.38. The minimum Gasteiger partial charge on any atom is -0.507 e. The predicted molar refractivity (Wildman–Crippen MR) is 145 cm³/mol. The van der Waals surface area contributed by atoms with Gasteiger partial charge in [-0.2, -0.15) is 0 Å². The van der Waals surface area contributed by atoms with E-state index in [2.05, 4.69) is 10.6 Å². The maximum absolute atomic E-state index is 14.0. The zero-order valence-corrected chi connectivity index (χ0v) is 23.2. The molecule has 0 bridgehead atoms. The van der Waals surface area contributed by atoms with Crippen molar-refractivity contribution in [2.24, 2.45) is 5.92 Å². The number of nitrogens with one attached hydrogen (secondary N) is 2. The number of phenolic OH excluding ortho intramolecular Hbond substituents is 1. The molecule has 0 aliphatic heterocycles. The summed E-state index contributed by atoms with van der Waals surface area (Å²) >= 11 is 0. The fourth-order valence-electron chi connectivity index (χ4n) is 4.00. The Labute approximate surface area is 220 Å². The highest BCUT2D eigenvalue weighted by molar-refractivity contribution is 5.99. The van der Waals surface area contributed by atoms with Gasteiger partial charge in [-0.3, -0.25) is 9.59 Å². The third-order valence-electron chi connectivity index (χ3n) is 5.88. The highest BCUT2D eigenvalue weighted by atomic mass is 16.6. The molecule has 8 heteroatoms. The van der Waals surface area contributed by atoms with Gasteiger partial charge < -0.3 is 25.4 Å². The van der Waals surface area contributed by atoms with Gasteiger partial charge in [-0.25, -0.2) is 4.79 Å². The molecule has 2 aromatic rings. The average molecular weight is 512 g/mol. The summed E-state index contributed by atoms with van der Waals surface area (Å²) < 4.78 is 5.39. The molecule has 0 saturated carbocycles. The summed E-state index contributed by atoms with van der Waals surface area (Å²) in [6.07, 6.45) is -0.153. The number of amides is 3. The van der Waals surface area contributed by atoms with Gasteiger partial charge in [0.1, 0.15) is 23.4 Å². The number of aromatic hydroxyl groups is 1. The molecular formula is C29H41N3O5. The van der Waals surface area contributed by atoms with Crippen molar-refractivity contribution >= 4 is 23.6 Å². The van der Waals surface area contributed by atoms with Gasteiger partial charge in [0.25, 0.3) is 5.91 Å². The fourth-order valence-corrected chi connectivity index (χ4v) is 4.00. The molecule has 202 valence electrons. The van der Waals surface area contributed by atoms with E-state index in [9.17, 15) is 19.5 Å². The first-order valence-corrected chi connectivity index (χ1v) is 12.7. The van der Waals surface area contributed by atoms with E-state index in [0.717, 1.165) is 5.56 Å². The Kier molecular flexibility index (Phi) is 10.1. The molecule has 2 atom stereocenters. The normalized spacial score (nSPS) is 13.0. The van der Waals surface area contributed by atoms with E-state index in [0.29, 0.717) is 23.2 Å². The van der Waals surface area contributed by atoms with E-state index in [1.54, 1.807) is 52.0 Å². The summed E-state index contributed by atoms with van der Waals surface area (Å²) in [7, 11) is 0. The zero-order valence-electron chi connectivity index (χ0n) is 23.2. The van der Waals surface area contributed by atoms with Crippen molar-refractivity contribution < 1.29 is 24.2 Å². The molecule has 0 fully saturated rings. The molecule has 0 radical (unpaired) electrons. The molecule has 0 aromatic heterocycles. The van der Waals surface area contributed by atoms with Crippen LogP contribution in [0.25, 0.3) is 0 Å². The van der Waals surface area contributed by atoms with Gasteiger partial charge in [-0.05, 0) is 64.2 Å². The fraction of sp³-hybridized carbons (Fsp3) is 0.483.